The molecule has 92 valence electrons. The lowest BCUT2D eigenvalue weighted by Crippen LogP contribution is -2.15. The summed E-state index contributed by atoms with van der Waals surface area (Å²) in [6.45, 7) is 5.35. The first-order valence-corrected chi connectivity index (χ1v) is 6.57. The Morgan fingerprint density at radius 3 is 3.00 bits per heavy atom. The zero-order chi connectivity index (χ0) is 12.3. The standard InChI is InChI=1S/C15H21NO/c1-11(2)8-9-15(17)13-5-3-7-14-12(13)6-4-10-16-14/h3,5,7,11,16H,4,6,8-10H2,1-2H3. The SMILES string of the molecule is CC(C)CCC(=O)c1cccc2c1CCCN2. The maximum atomic E-state index is 12.2. The van der Waals surface area contributed by atoms with Crippen LogP contribution in [-0.2, 0) is 6.42 Å². The Morgan fingerprint density at radius 1 is 1.41 bits per heavy atom. The summed E-state index contributed by atoms with van der Waals surface area (Å²) in [5, 5.41) is 3.37. The van der Waals surface area contributed by atoms with Gasteiger partial charge in [-0.3, -0.25) is 4.79 Å². The van der Waals surface area contributed by atoms with Gasteiger partial charge in [0.05, 0.1) is 0 Å². The fourth-order valence-electron chi connectivity index (χ4n) is 2.33. The Hall–Kier alpha value is -1.31. The topological polar surface area (TPSA) is 29.1 Å². The maximum absolute atomic E-state index is 12.2. The molecule has 1 aromatic carbocycles. The zero-order valence-corrected chi connectivity index (χ0v) is 10.8. The van der Waals surface area contributed by atoms with E-state index in [4.69, 9.17) is 0 Å². The molecule has 0 fully saturated rings. The average molecular weight is 231 g/mol. The second kappa shape index (κ2) is 5.35. The van der Waals surface area contributed by atoms with Crippen LogP contribution in [0.1, 0.15) is 49.0 Å². The molecular weight excluding hydrogens is 210 g/mol. The number of carbonyl (C=O) groups is 1. The number of ketones is 1. The number of nitrogens with one attached hydrogen (secondary N) is 1. The smallest absolute Gasteiger partial charge is 0.163 e. The quantitative estimate of drug-likeness (QED) is 0.801. The van der Waals surface area contributed by atoms with Crippen molar-refractivity contribution in [2.45, 2.75) is 39.5 Å². The first-order valence-electron chi connectivity index (χ1n) is 6.57. The van der Waals surface area contributed by atoms with Crippen molar-refractivity contribution in [2.24, 2.45) is 5.92 Å². The van der Waals surface area contributed by atoms with Gasteiger partial charge in [-0.2, -0.15) is 0 Å². The highest BCUT2D eigenvalue weighted by atomic mass is 16.1. The minimum absolute atomic E-state index is 0.305. The average Bonchev–Trinajstić information content (AvgIpc) is 2.35. The predicted octanol–water partition coefficient (Wildman–Crippen LogP) is 3.66. The van der Waals surface area contributed by atoms with E-state index < -0.39 is 0 Å². The summed E-state index contributed by atoms with van der Waals surface area (Å²) in [6.07, 6.45) is 3.82. The number of carbonyl (C=O) groups excluding carboxylic acids is 1. The van der Waals surface area contributed by atoms with Crippen molar-refractivity contribution in [1.29, 1.82) is 0 Å². The van der Waals surface area contributed by atoms with E-state index in [-0.39, 0.29) is 0 Å². The third-order valence-electron chi connectivity index (χ3n) is 3.34. The Kier molecular flexibility index (Phi) is 3.82. The zero-order valence-electron chi connectivity index (χ0n) is 10.8. The predicted molar refractivity (Wildman–Crippen MR) is 71.7 cm³/mol. The van der Waals surface area contributed by atoms with Gasteiger partial charge in [-0.05, 0) is 36.8 Å². The summed E-state index contributed by atoms with van der Waals surface area (Å²) in [5.41, 5.74) is 3.33. The van der Waals surface area contributed by atoms with Gasteiger partial charge in [0, 0.05) is 24.2 Å². The Balaban J connectivity index is 2.17. The number of fused-ring (bicyclic) bond motifs is 1. The van der Waals surface area contributed by atoms with Crippen LogP contribution < -0.4 is 5.32 Å². The maximum Gasteiger partial charge on any atom is 0.163 e. The van der Waals surface area contributed by atoms with Crippen molar-refractivity contribution in [1.82, 2.24) is 0 Å². The fourth-order valence-corrected chi connectivity index (χ4v) is 2.33. The van der Waals surface area contributed by atoms with Crippen molar-refractivity contribution < 1.29 is 4.79 Å². The Morgan fingerprint density at radius 2 is 2.24 bits per heavy atom. The second-order valence-corrected chi connectivity index (χ2v) is 5.22. The molecule has 0 unspecified atom stereocenters. The van der Waals surface area contributed by atoms with Crippen LogP contribution in [0.2, 0.25) is 0 Å². The summed E-state index contributed by atoms with van der Waals surface area (Å²) in [5.74, 6) is 0.899. The molecule has 1 aromatic rings. The van der Waals surface area contributed by atoms with Gasteiger partial charge in [0.1, 0.15) is 0 Å². The lowest BCUT2D eigenvalue weighted by atomic mass is 9.92. The number of benzene rings is 1. The molecule has 1 aliphatic rings. The molecule has 1 aliphatic heterocycles. The molecule has 17 heavy (non-hydrogen) atoms. The van der Waals surface area contributed by atoms with Crippen LogP contribution in [0.5, 0.6) is 0 Å². The molecule has 2 heteroatoms. The van der Waals surface area contributed by atoms with Crippen LogP contribution in [0.3, 0.4) is 0 Å². The molecule has 0 amide bonds. The van der Waals surface area contributed by atoms with E-state index in [1.807, 2.05) is 12.1 Å². The fraction of sp³-hybridized carbons (Fsp3) is 0.533. The largest absolute Gasteiger partial charge is 0.385 e. The lowest BCUT2D eigenvalue weighted by Gasteiger charge is -2.20. The van der Waals surface area contributed by atoms with E-state index in [0.717, 1.165) is 37.1 Å². The van der Waals surface area contributed by atoms with Crippen LogP contribution in [-0.4, -0.2) is 12.3 Å². The van der Waals surface area contributed by atoms with Crippen LogP contribution in [0, 0.1) is 5.92 Å². The number of Topliss-reactive ketones (excluding diaryl/α,β-unsaturated/α-hetero) is 1. The van der Waals surface area contributed by atoms with Gasteiger partial charge in [-0.25, -0.2) is 0 Å². The van der Waals surface area contributed by atoms with Gasteiger partial charge in [-0.1, -0.05) is 26.0 Å². The molecular formula is C15H21NO. The summed E-state index contributed by atoms with van der Waals surface area (Å²) in [4.78, 5) is 12.2. The van der Waals surface area contributed by atoms with Gasteiger partial charge in [0.15, 0.2) is 5.78 Å². The van der Waals surface area contributed by atoms with Crippen LogP contribution in [0.25, 0.3) is 0 Å². The third kappa shape index (κ3) is 2.87. The summed E-state index contributed by atoms with van der Waals surface area (Å²) in [6, 6.07) is 6.04. The molecule has 0 radical (unpaired) electrons. The van der Waals surface area contributed by atoms with Gasteiger partial charge in [-0.15, -0.1) is 0 Å². The van der Waals surface area contributed by atoms with Crippen molar-refractivity contribution in [3.63, 3.8) is 0 Å². The van der Waals surface area contributed by atoms with E-state index >= 15 is 0 Å². The third-order valence-corrected chi connectivity index (χ3v) is 3.34. The van der Waals surface area contributed by atoms with Crippen molar-refractivity contribution >= 4 is 11.5 Å². The monoisotopic (exact) mass is 231 g/mol. The molecule has 0 aromatic heterocycles. The van der Waals surface area contributed by atoms with E-state index in [9.17, 15) is 4.79 Å². The molecule has 0 spiro atoms. The lowest BCUT2D eigenvalue weighted by molar-refractivity contribution is 0.0974. The molecule has 0 saturated carbocycles. The minimum Gasteiger partial charge on any atom is -0.385 e. The first-order chi connectivity index (χ1) is 8.18. The number of hydrogen-bond donors (Lipinski definition) is 1. The van der Waals surface area contributed by atoms with Gasteiger partial charge in [0.2, 0.25) is 0 Å². The minimum atomic E-state index is 0.305. The van der Waals surface area contributed by atoms with E-state index in [2.05, 4.69) is 25.2 Å². The van der Waals surface area contributed by atoms with E-state index in [0.29, 0.717) is 18.1 Å². The van der Waals surface area contributed by atoms with Crippen LogP contribution in [0.4, 0.5) is 5.69 Å². The normalized spacial score (nSPS) is 14.3. The highest BCUT2D eigenvalue weighted by Gasteiger charge is 2.17. The van der Waals surface area contributed by atoms with Crippen molar-refractivity contribution in [2.75, 3.05) is 11.9 Å². The van der Waals surface area contributed by atoms with Crippen molar-refractivity contribution in [3.8, 4) is 0 Å². The van der Waals surface area contributed by atoms with Gasteiger partial charge >= 0.3 is 0 Å². The Labute approximate surface area is 103 Å². The molecule has 0 saturated heterocycles. The van der Waals surface area contributed by atoms with Crippen LogP contribution >= 0.6 is 0 Å². The summed E-state index contributed by atoms with van der Waals surface area (Å²) < 4.78 is 0. The molecule has 1 heterocycles. The van der Waals surface area contributed by atoms with E-state index in [1.54, 1.807) is 0 Å². The van der Waals surface area contributed by atoms with Gasteiger partial charge in [0.25, 0.3) is 0 Å². The number of anilines is 1. The van der Waals surface area contributed by atoms with Crippen LogP contribution in [0.15, 0.2) is 18.2 Å². The summed E-state index contributed by atoms with van der Waals surface area (Å²) in [7, 11) is 0. The molecule has 1 N–H and O–H groups in total. The molecule has 2 rings (SSSR count). The molecule has 0 bridgehead atoms. The summed E-state index contributed by atoms with van der Waals surface area (Å²) >= 11 is 0. The first kappa shape index (κ1) is 12.2. The molecule has 0 atom stereocenters. The number of hydrogen-bond acceptors (Lipinski definition) is 2. The van der Waals surface area contributed by atoms with Gasteiger partial charge < -0.3 is 5.32 Å². The molecule has 2 nitrogen and oxygen atoms in total. The van der Waals surface area contributed by atoms with Crippen molar-refractivity contribution in [3.05, 3.63) is 29.3 Å². The highest BCUT2D eigenvalue weighted by molar-refractivity contribution is 5.98. The number of rotatable bonds is 4. The molecule has 0 aliphatic carbocycles. The van der Waals surface area contributed by atoms with E-state index in [1.165, 1.54) is 5.56 Å². The highest BCUT2D eigenvalue weighted by Crippen LogP contribution is 2.26. The second-order valence-electron chi connectivity index (χ2n) is 5.22. The Bertz CT molecular complexity index is 409.